The SMILES string of the molecule is CNCCCC1B(C)C1CCC1=CC2=CC(NC)C#CC(C)=C2C2C(C)C(C)C12. The first-order chi connectivity index (χ1) is 14.0. The zero-order valence-corrected chi connectivity index (χ0v) is 19.3. The Morgan fingerprint density at radius 3 is 2.52 bits per heavy atom. The highest BCUT2D eigenvalue weighted by Crippen LogP contribution is 2.61. The Morgan fingerprint density at radius 1 is 1.07 bits per heavy atom. The minimum Gasteiger partial charge on any atom is -0.320 e. The third-order valence-corrected chi connectivity index (χ3v) is 8.73. The Kier molecular flexibility index (Phi) is 6.15. The van der Waals surface area contributed by atoms with Crippen molar-refractivity contribution in [2.24, 2.45) is 23.7 Å². The van der Waals surface area contributed by atoms with Gasteiger partial charge in [-0.2, -0.15) is 0 Å². The Labute approximate surface area is 179 Å². The van der Waals surface area contributed by atoms with Crippen LogP contribution in [0.3, 0.4) is 0 Å². The van der Waals surface area contributed by atoms with Crippen molar-refractivity contribution < 1.29 is 0 Å². The van der Waals surface area contributed by atoms with Gasteiger partial charge in [-0.3, -0.25) is 0 Å². The molecule has 1 saturated carbocycles. The molecule has 3 aliphatic carbocycles. The predicted octanol–water partition coefficient (Wildman–Crippen LogP) is 4.95. The third kappa shape index (κ3) is 3.80. The molecule has 0 aromatic rings. The van der Waals surface area contributed by atoms with Gasteiger partial charge in [-0.1, -0.05) is 68.6 Å². The maximum absolute atomic E-state index is 3.46. The quantitative estimate of drug-likeness (QED) is 0.348. The fourth-order valence-electron chi connectivity index (χ4n) is 6.65. The van der Waals surface area contributed by atoms with Crippen molar-refractivity contribution in [1.82, 2.24) is 10.6 Å². The Balaban J connectivity index is 1.51. The molecular formula is C26H39BN2. The van der Waals surface area contributed by atoms with Gasteiger partial charge in [0.2, 0.25) is 0 Å². The molecule has 1 saturated heterocycles. The van der Waals surface area contributed by atoms with Crippen LogP contribution in [0.5, 0.6) is 0 Å². The van der Waals surface area contributed by atoms with Crippen LogP contribution in [0.1, 0.15) is 46.5 Å². The van der Waals surface area contributed by atoms with Crippen molar-refractivity contribution in [3.8, 4) is 11.8 Å². The van der Waals surface area contributed by atoms with Crippen LogP contribution in [-0.2, 0) is 0 Å². The van der Waals surface area contributed by atoms with Gasteiger partial charge in [0.15, 0.2) is 0 Å². The molecule has 4 aliphatic rings. The molecule has 1 heterocycles. The van der Waals surface area contributed by atoms with Gasteiger partial charge in [-0.15, -0.1) is 0 Å². The number of hydrogen-bond acceptors (Lipinski definition) is 2. The zero-order valence-electron chi connectivity index (χ0n) is 19.3. The maximum Gasteiger partial charge on any atom is 0.142 e. The van der Waals surface area contributed by atoms with E-state index in [1.54, 1.807) is 11.1 Å². The fourth-order valence-corrected chi connectivity index (χ4v) is 6.65. The van der Waals surface area contributed by atoms with E-state index in [9.17, 15) is 0 Å². The molecular weight excluding hydrogens is 351 g/mol. The number of hydrogen-bond donors (Lipinski definition) is 2. The lowest BCUT2D eigenvalue weighted by Gasteiger charge is -2.54. The largest absolute Gasteiger partial charge is 0.320 e. The summed E-state index contributed by atoms with van der Waals surface area (Å²) in [6.45, 7) is 11.7. The monoisotopic (exact) mass is 390 g/mol. The minimum atomic E-state index is 0.166. The summed E-state index contributed by atoms with van der Waals surface area (Å²) in [6, 6.07) is 0.166. The normalized spacial score (nSPS) is 37.4. The van der Waals surface area contributed by atoms with Gasteiger partial charge in [-0.25, -0.2) is 0 Å². The van der Waals surface area contributed by atoms with Gasteiger partial charge in [0, 0.05) is 5.57 Å². The second-order valence-electron chi connectivity index (χ2n) is 10.2. The maximum atomic E-state index is 3.46. The van der Waals surface area contributed by atoms with Crippen LogP contribution in [0.4, 0.5) is 0 Å². The first-order valence-corrected chi connectivity index (χ1v) is 11.9. The number of nitrogens with one attached hydrogen (secondary N) is 2. The number of allylic oxidation sites excluding steroid dienone is 5. The molecule has 0 spiro atoms. The van der Waals surface area contributed by atoms with Crippen molar-refractivity contribution in [3.63, 3.8) is 0 Å². The van der Waals surface area contributed by atoms with E-state index < -0.39 is 0 Å². The summed E-state index contributed by atoms with van der Waals surface area (Å²) < 4.78 is 0. The lowest BCUT2D eigenvalue weighted by Crippen LogP contribution is -2.48. The summed E-state index contributed by atoms with van der Waals surface area (Å²) in [7, 11) is 4.08. The van der Waals surface area contributed by atoms with Crippen molar-refractivity contribution >= 4 is 6.71 Å². The molecule has 0 aromatic carbocycles. The molecule has 2 nitrogen and oxygen atoms in total. The molecule has 156 valence electrons. The summed E-state index contributed by atoms with van der Waals surface area (Å²) in [5.74, 6) is 11.8. The molecule has 2 N–H and O–H groups in total. The van der Waals surface area contributed by atoms with E-state index in [0.29, 0.717) is 5.92 Å². The number of fused-ring (bicyclic) bond motifs is 3. The van der Waals surface area contributed by atoms with Crippen molar-refractivity contribution in [1.29, 1.82) is 0 Å². The molecule has 4 rings (SSSR count). The van der Waals surface area contributed by atoms with Crippen LogP contribution in [0.2, 0.25) is 18.5 Å². The Hall–Kier alpha value is -1.24. The second-order valence-corrected chi connectivity index (χ2v) is 10.2. The van der Waals surface area contributed by atoms with Crippen molar-refractivity contribution in [3.05, 3.63) is 34.4 Å². The van der Waals surface area contributed by atoms with E-state index in [0.717, 1.165) is 42.6 Å². The highest BCUT2D eigenvalue weighted by atomic mass is 14.8. The molecule has 0 aromatic heterocycles. The first-order valence-electron chi connectivity index (χ1n) is 11.9. The summed E-state index contributed by atoms with van der Waals surface area (Å²) in [5, 5.41) is 6.66. The van der Waals surface area contributed by atoms with Crippen LogP contribution < -0.4 is 10.6 Å². The lowest BCUT2D eigenvalue weighted by atomic mass is 9.49. The highest BCUT2D eigenvalue weighted by Gasteiger charge is 2.52. The predicted molar refractivity (Wildman–Crippen MR) is 126 cm³/mol. The zero-order chi connectivity index (χ0) is 20.7. The molecule has 7 unspecified atom stereocenters. The molecule has 7 atom stereocenters. The van der Waals surface area contributed by atoms with Crippen molar-refractivity contribution in [2.75, 3.05) is 20.6 Å². The smallest absolute Gasteiger partial charge is 0.142 e. The average molecular weight is 390 g/mol. The van der Waals surface area contributed by atoms with Gasteiger partial charge >= 0.3 is 0 Å². The van der Waals surface area contributed by atoms with E-state index in [2.05, 4.69) is 69.3 Å². The van der Waals surface area contributed by atoms with E-state index >= 15 is 0 Å². The van der Waals surface area contributed by atoms with Crippen LogP contribution >= 0.6 is 0 Å². The van der Waals surface area contributed by atoms with Gasteiger partial charge < -0.3 is 10.6 Å². The van der Waals surface area contributed by atoms with Gasteiger partial charge in [0.25, 0.3) is 0 Å². The molecule has 1 aliphatic heterocycles. The van der Waals surface area contributed by atoms with Crippen molar-refractivity contribution in [2.45, 2.75) is 71.0 Å². The van der Waals surface area contributed by atoms with E-state index in [4.69, 9.17) is 0 Å². The van der Waals surface area contributed by atoms with Gasteiger partial charge in [0.05, 0.1) is 6.04 Å². The highest BCUT2D eigenvalue weighted by molar-refractivity contribution is 6.72. The molecule has 29 heavy (non-hydrogen) atoms. The van der Waals surface area contributed by atoms with E-state index in [1.807, 2.05) is 7.05 Å². The standard InChI is InChI=1S/C26H39BN2/c1-16-9-11-21(29-6)15-20-14-19(25-17(2)18(3)26(25)24(16)20)10-12-23-22(27(23)4)8-7-13-28-5/h14-15,17-18,21-23,25-26,28-29H,7-8,10,12-13H2,1-6H3. The topological polar surface area (TPSA) is 24.1 Å². The average Bonchev–Trinajstić information content (AvgIpc) is 3.38. The van der Waals surface area contributed by atoms with E-state index in [1.165, 1.54) is 36.8 Å². The Morgan fingerprint density at radius 2 is 1.79 bits per heavy atom. The second kappa shape index (κ2) is 8.48. The van der Waals surface area contributed by atoms with Gasteiger partial charge in [0.1, 0.15) is 6.71 Å². The molecule has 0 bridgehead atoms. The van der Waals surface area contributed by atoms with Crippen LogP contribution in [0.25, 0.3) is 0 Å². The lowest BCUT2D eigenvalue weighted by molar-refractivity contribution is 0.0518. The molecule has 2 fully saturated rings. The number of likely N-dealkylation sites (N-methyl/N-ethyl adjacent to an activating group) is 1. The van der Waals surface area contributed by atoms with Crippen LogP contribution in [0.15, 0.2) is 34.4 Å². The summed E-state index contributed by atoms with van der Waals surface area (Å²) in [5.41, 5.74) is 6.04. The van der Waals surface area contributed by atoms with E-state index in [-0.39, 0.29) is 6.04 Å². The van der Waals surface area contributed by atoms with Crippen LogP contribution in [0, 0.1) is 35.5 Å². The minimum absolute atomic E-state index is 0.166. The summed E-state index contributed by atoms with van der Waals surface area (Å²) in [6.07, 6.45) is 10.4. The van der Waals surface area contributed by atoms with Gasteiger partial charge in [-0.05, 0) is 81.3 Å². The Bertz CT molecular complexity index is 795. The fraction of sp³-hybridized carbons (Fsp3) is 0.692. The first kappa shape index (κ1) is 21.0. The molecule has 3 heteroatoms. The molecule has 0 radical (unpaired) electrons. The summed E-state index contributed by atoms with van der Waals surface area (Å²) >= 11 is 0. The van der Waals surface area contributed by atoms with Crippen LogP contribution in [-0.4, -0.2) is 33.4 Å². The third-order valence-electron chi connectivity index (χ3n) is 8.73. The summed E-state index contributed by atoms with van der Waals surface area (Å²) in [4.78, 5) is 0. The molecule has 0 amide bonds. The number of rotatable bonds is 8.